The van der Waals surface area contributed by atoms with Crippen LogP contribution in [0.2, 0.25) is 5.02 Å². The Morgan fingerprint density at radius 1 is 1.28 bits per heavy atom. The molecule has 1 aromatic heterocycles. The third-order valence-electron chi connectivity index (χ3n) is 2.97. The lowest BCUT2D eigenvalue weighted by Crippen LogP contribution is -2.17. The molecular weight excluding hydrogens is 330 g/mol. The fourth-order valence-electron chi connectivity index (χ4n) is 2.11. The van der Waals surface area contributed by atoms with Crippen molar-refractivity contribution in [3.8, 4) is 0 Å². The van der Waals surface area contributed by atoms with Crippen molar-refractivity contribution in [2.24, 2.45) is 0 Å². The van der Waals surface area contributed by atoms with Gasteiger partial charge in [0.2, 0.25) is 0 Å². The van der Waals surface area contributed by atoms with E-state index in [2.05, 4.69) is 53.3 Å². The minimum Gasteiger partial charge on any atom is -0.309 e. The first-order valence-electron chi connectivity index (χ1n) is 5.72. The summed E-state index contributed by atoms with van der Waals surface area (Å²) in [7, 11) is 1.98. The van der Waals surface area contributed by atoms with Gasteiger partial charge in [-0.3, -0.25) is 0 Å². The Morgan fingerprint density at radius 2 is 2.00 bits per heavy atom. The zero-order valence-corrected chi connectivity index (χ0v) is 13.7. The van der Waals surface area contributed by atoms with Gasteiger partial charge < -0.3 is 5.32 Å². The van der Waals surface area contributed by atoms with Crippen molar-refractivity contribution in [1.29, 1.82) is 0 Å². The van der Waals surface area contributed by atoms with Gasteiger partial charge in [-0.15, -0.1) is 11.3 Å². The molecule has 0 radical (unpaired) electrons. The average Bonchev–Trinajstić information content (AvgIpc) is 2.63. The summed E-state index contributed by atoms with van der Waals surface area (Å²) in [6.07, 6.45) is 0. The third kappa shape index (κ3) is 2.80. The van der Waals surface area contributed by atoms with Crippen LogP contribution in [0.15, 0.2) is 28.1 Å². The minimum atomic E-state index is 0.194. The van der Waals surface area contributed by atoms with Crippen LogP contribution in [0.1, 0.15) is 27.6 Å². The predicted octanol–water partition coefficient (Wildman–Crippen LogP) is 5.09. The molecule has 18 heavy (non-hydrogen) atoms. The second-order valence-corrected chi connectivity index (χ2v) is 7.16. The lowest BCUT2D eigenvalue weighted by molar-refractivity contribution is 0.699. The van der Waals surface area contributed by atoms with Gasteiger partial charge in [-0.05, 0) is 54.0 Å². The van der Waals surface area contributed by atoms with Crippen LogP contribution in [0.25, 0.3) is 0 Å². The van der Waals surface area contributed by atoms with Crippen LogP contribution in [0, 0.1) is 13.8 Å². The molecule has 0 fully saturated rings. The molecule has 1 heterocycles. The fourth-order valence-corrected chi connectivity index (χ4v) is 3.98. The molecule has 2 rings (SSSR count). The Bertz CT molecular complexity index is 545. The van der Waals surface area contributed by atoms with Gasteiger partial charge in [0.05, 0.1) is 14.9 Å². The summed E-state index contributed by atoms with van der Waals surface area (Å²) < 4.78 is 0.990. The molecule has 0 bridgehead atoms. The third-order valence-corrected chi connectivity index (χ3v) is 5.51. The number of hydrogen-bond donors (Lipinski definition) is 1. The highest BCUT2D eigenvalue weighted by atomic mass is 79.9. The molecule has 1 N–H and O–H groups in total. The molecule has 0 saturated heterocycles. The maximum absolute atomic E-state index is 6.12. The van der Waals surface area contributed by atoms with Crippen LogP contribution >= 0.6 is 38.9 Å². The van der Waals surface area contributed by atoms with E-state index in [9.17, 15) is 0 Å². The van der Waals surface area contributed by atoms with Crippen LogP contribution in [0.3, 0.4) is 0 Å². The molecule has 1 unspecified atom stereocenters. The molecule has 1 aromatic carbocycles. The van der Waals surface area contributed by atoms with E-state index in [-0.39, 0.29) is 6.04 Å². The van der Waals surface area contributed by atoms with Gasteiger partial charge in [0.25, 0.3) is 0 Å². The number of hydrogen-bond acceptors (Lipinski definition) is 2. The summed E-state index contributed by atoms with van der Waals surface area (Å²) in [4.78, 5) is 1.22. The van der Waals surface area contributed by atoms with Crippen LogP contribution in [0.5, 0.6) is 0 Å². The van der Waals surface area contributed by atoms with E-state index in [0.29, 0.717) is 0 Å². The number of halogens is 2. The molecule has 0 amide bonds. The van der Waals surface area contributed by atoms with Crippen LogP contribution in [-0.2, 0) is 0 Å². The van der Waals surface area contributed by atoms with Gasteiger partial charge in [-0.25, -0.2) is 0 Å². The van der Waals surface area contributed by atoms with Crippen LogP contribution in [-0.4, -0.2) is 7.05 Å². The Morgan fingerprint density at radius 3 is 2.50 bits per heavy atom. The zero-order valence-electron chi connectivity index (χ0n) is 10.6. The van der Waals surface area contributed by atoms with E-state index in [1.165, 1.54) is 21.6 Å². The highest BCUT2D eigenvalue weighted by Crippen LogP contribution is 2.38. The molecule has 2 aromatic rings. The molecule has 0 aliphatic carbocycles. The zero-order chi connectivity index (χ0) is 13.3. The molecule has 0 aliphatic rings. The van der Waals surface area contributed by atoms with Crippen molar-refractivity contribution in [3.05, 3.63) is 54.6 Å². The highest BCUT2D eigenvalue weighted by molar-refractivity contribution is 9.11. The standard InChI is InChI=1S/C14H15BrClNS/c1-8-4-5-10(9(2)6-8)13(17-3)12-7-11(16)14(15)18-12/h4-7,13,17H,1-3H3. The SMILES string of the molecule is CNC(c1cc(Cl)c(Br)s1)c1ccc(C)cc1C. The Hall–Kier alpha value is -0.350. The van der Waals surface area contributed by atoms with E-state index in [0.717, 1.165) is 8.81 Å². The van der Waals surface area contributed by atoms with Crippen molar-refractivity contribution < 1.29 is 0 Å². The maximum atomic E-state index is 6.12. The number of aryl methyl sites for hydroxylation is 2. The number of rotatable bonds is 3. The number of benzene rings is 1. The maximum Gasteiger partial charge on any atom is 0.0888 e. The summed E-state index contributed by atoms with van der Waals surface area (Å²) >= 11 is 11.3. The second kappa shape index (κ2) is 5.74. The Balaban J connectivity index is 2.45. The largest absolute Gasteiger partial charge is 0.309 e. The summed E-state index contributed by atoms with van der Waals surface area (Å²) in [5, 5.41) is 4.14. The van der Waals surface area contributed by atoms with Crippen molar-refractivity contribution in [1.82, 2.24) is 5.32 Å². The van der Waals surface area contributed by atoms with Gasteiger partial charge >= 0.3 is 0 Å². The molecule has 0 saturated carbocycles. The van der Waals surface area contributed by atoms with E-state index in [1.807, 2.05) is 13.1 Å². The monoisotopic (exact) mass is 343 g/mol. The van der Waals surface area contributed by atoms with Crippen molar-refractivity contribution in [3.63, 3.8) is 0 Å². The van der Waals surface area contributed by atoms with Crippen molar-refractivity contribution >= 4 is 38.9 Å². The first kappa shape index (κ1) is 14.1. The molecule has 0 aliphatic heterocycles. The fraction of sp³-hybridized carbons (Fsp3) is 0.286. The van der Waals surface area contributed by atoms with Crippen LogP contribution < -0.4 is 5.32 Å². The molecular formula is C14H15BrClNS. The summed E-state index contributed by atoms with van der Waals surface area (Å²) in [5.41, 5.74) is 3.89. The topological polar surface area (TPSA) is 12.0 Å². The number of nitrogens with one attached hydrogen (secondary N) is 1. The smallest absolute Gasteiger partial charge is 0.0888 e. The first-order chi connectivity index (χ1) is 8.52. The Labute approximate surface area is 125 Å². The molecule has 96 valence electrons. The lowest BCUT2D eigenvalue weighted by Gasteiger charge is -2.18. The molecule has 1 atom stereocenters. The van der Waals surface area contributed by atoms with E-state index in [4.69, 9.17) is 11.6 Å². The first-order valence-corrected chi connectivity index (χ1v) is 7.71. The predicted molar refractivity (Wildman–Crippen MR) is 83.8 cm³/mol. The molecule has 4 heteroatoms. The highest BCUT2D eigenvalue weighted by Gasteiger charge is 2.17. The van der Waals surface area contributed by atoms with Gasteiger partial charge in [0.15, 0.2) is 0 Å². The number of thiophene rings is 1. The van der Waals surface area contributed by atoms with Gasteiger partial charge in [0, 0.05) is 4.88 Å². The Kier molecular flexibility index (Phi) is 4.49. The van der Waals surface area contributed by atoms with Gasteiger partial charge in [0.1, 0.15) is 0 Å². The quantitative estimate of drug-likeness (QED) is 0.818. The summed E-state index contributed by atoms with van der Waals surface area (Å²) in [6, 6.07) is 8.77. The average molecular weight is 345 g/mol. The molecule has 0 spiro atoms. The van der Waals surface area contributed by atoms with E-state index < -0.39 is 0 Å². The van der Waals surface area contributed by atoms with Gasteiger partial charge in [-0.2, -0.15) is 0 Å². The molecule has 1 nitrogen and oxygen atoms in total. The minimum absolute atomic E-state index is 0.194. The normalized spacial score (nSPS) is 12.7. The van der Waals surface area contributed by atoms with Crippen LogP contribution in [0.4, 0.5) is 0 Å². The van der Waals surface area contributed by atoms with Crippen molar-refractivity contribution in [2.45, 2.75) is 19.9 Å². The second-order valence-electron chi connectivity index (χ2n) is 4.35. The van der Waals surface area contributed by atoms with E-state index in [1.54, 1.807) is 11.3 Å². The summed E-state index contributed by atoms with van der Waals surface area (Å²) in [5.74, 6) is 0. The lowest BCUT2D eigenvalue weighted by atomic mass is 9.98. The van der Waals surface area contributed by atoms with Crippen molar-refractivity contribution in [2.75, 3.05) is 7.05 Å². The van der Waals surface area contributed by atoms with E-state index >= 15 is 0 Å². The van der Waals surface area contributed by atoms with Gasteiger partial charge in [-0.1, -0.05) is 35.4 Å². The summed E-state index contributed by atoms with van der Waals surface area (Å²) in [6.45, 7) is 4.26.